The van der Waals surface area contributed by atoms with Gasteiger partial charge in [0, 0.05) is 17.6 Å². The molecule has 3 nitrogen and oxygen atoms in total. The van der Waals surface area contributed by atoms with Gasteiger partial charge in [0.2, 0.25) is 0 Å². The van der Waals surface area contributed by atoms with Crippen LogP contribution in [0.2, 0.25) is 5.02 Å². The van der Waals surface area contributed by atoms with Gasteiger partial charge >= 0.3 is 0 Å². The minimum Gasteiger partial charge on any atom is -0.492 e. The zero-order valence-corrected chi connectivity index (χ0v) is 13.0. The van der Waals surface area contributed by atoms with Crippen LogP contribution in [0.3, 0.4) is 0 Å². The molecular formula is C16H25ClN2O. The predicted octanol–water partition coefficient (Wildman–Crippen LogP) is 3.17. The third-order valence-electron chi connectivity index (χ3n) is 4.24. The number of nitrogens with two attached hydrogens (primary N) is 1. The molecule has 1 aliphatic rings. The van der Waals surface area contributed by atoms with E-state index in [2.05, 4.69) is 11.8 Å². The van der Waals surface area contributed by atoms with Crippen LogP contribution in [0.25, 0.3) is 0 Å². The van der Waals surface area contributed by atoms with Crippen LogP contribution in [0.5, 0.6) is 5.75 Å². The van der Waals surface area contributed by atoms with E-state index in [1.807, 2.05) is 24.3 Å². The first-order valence-electron chi connectivity index (χ1n) is 7.57. The van der Waals surface area contributed by atoms with Crippen molar-refractivity contribution < 1.29 is 4.74 Å². The molecule has 2 N–H and O–H groups in total. The highest BCUT2D eigenvalue weighted by Gasteiger charge is 2.30. The van der Waals surface area contributed by atoms with Gasteiger partial charge in [0.25, 0.3) is 0 Å². The summed E-state index contributed by atoms with van der Waals surface area (Å²) >= 11 is 5.95. The first kappa shape index (κ1) is 15.6. The summed E-state index contributed by atoms with van der Waals surface area (Å²) < 4.78 is 5.79. The molecule has 1 saturated carbocycles. The highest BCUT2D eigenvalue weighted by Crippen LogP contribution is 2.29. The molecule has 0 radical (unpaired) electrons. The smallest absolute Gasteiger partial charge is 0.120 e. The van der Waals surface area contributed by atoms with Gasteiger partial charge < -0.3 is 10.5 Å². The molecule has 0 spiro atoms. The third kappa shape index (κ3) is 4.11. The molecule has 1 aromatic carbocycles. The fourth-order valence-electron chi connectivity index (χ4n) is 3.17. The van der Waals surface area contributed by atoms with Crippen molar-refractivity contribution in [1.29, 1.82) is 0 Å². The summed E-state index contributed by atoms with van der Waals surface area (Å²) in [6, 6.07) is 8.21. The summed E-state index contributed by atoms with van der Waals surface area (Å²) in [6.45, 7) is 5.72. The van der Waals surface area contributed by atoms with Crippen molar-refractivity contribution in [3.63, 3.8) is 0 Å². The normalized spacial score (nSPS) is 22.4. The quantitative estimate of drug-likeness (QED) is 0.840. The molecule has 1 aromatic rings. The number of nitrogens with zero attached hydrogens (tertiary/aromatic N) is 1. The van der Waals surface area contributed by atoms with Crippen molar-refractivity contribution in [2.75, 3.05) is 26.2 Å². The van der Waals surface area contributed by atoms with Gasteiger partial charge in [0.05, 0.1) is 0 Å². The van der Waals surface area contributed by atoms with Crippen LogP contribution in [0.4, 0.5) is 0 Å². The molecule has 0 aliphatic heterocycles. The van der Waals surface area contributed by atoms with Crippen LogP contribution in [0.15, 0.2) is 24.3 Å². The average Bonchev–Trinajstić information content (AvgIpc) is 2.92. The first-order valence-corrected chi connectivity index (χ1v) is 7.95. The van der Waals surface area contributed by atoms with E-state index in [1.54, 1.807) is 0 Å². The average molecular weight is 297 g/mol. The summed E-state index contributed by atoms with van der Waals surface area (Å²) in [5.41, 5.74) is 5.88. The van der Waals surface area contributed by atoms with E-state index in [1.165, 1.54) is 19.3 Å². The van der Waals surface area contributed by atoms with E-state index >= 15 is 0 Å². The number of hydrogen-bond donors (Lipinski definition) is 1. The summed E-state index contributed by atoms with van der Waals surface area (Å²) in [6.07, 6.45) is 3.85. The van der Waals surface area contributed by atoms with Crippen LogP contribution in [-0.4, -0.2) is 37.2 Å². The molecule has 20 heavy (non-hydrogen) atoms. The van der Waals surface area contributed by atoms with Gasteiger partial charge in [0.15, 0.2) is 0 Å². The van der Waals surface area contributed by atoms with Crippen LogP contribution in [-0.2, 0) is 0 Å². The van der Waals surface area contributed by atoms with Crippen molar-refractivity contribution >= 4 is 11.6 Å². The maximum atomic E-state index is 5.95. The molecule has 4 heteroatoms. The number of ether oxygens (including phenoxy) is 1. The number of benzene rings is 1. The number of hydrogen-bond acceptors (Lipinski definition) is 3. The zero-order valence-electron chi connectivity index (χ0n) is 12.2. The molecule has 1 aliphatic carbocycles. The van der Waals surface area contributed by atoms with Crippen molar-refractivity contribution in [3.8, 4) is 5.75 Å². The van der Waals surface area contributed by atoms with E-state index in [9.17, 15) is 0 Å². The Hall–Kier alpha value is -0.770. The van der Waals surface area contributed by atoms with Crippen molar-refractivity contribution in [1.82, 2.24) is 4.90 Å². The second-order valence-corrected chi connectivity index (χ2v) is 5.86. The van der Waals surface area contributed by atoms with Gasteiger partial charge in [-0.25, -0.2) is 0 Å². The van der Waals surface area contributed by atoms with E-state index < -0.39 is 0 Å². The van der Waals surface area contributed by atoms with Gasteiger partial charge in [-0.05, 0) is 50.0 Å². The predicted molar refractivity (Wildman–Crippen MR) is 84.4 cm³/mol. The van der Waals surface area contributed by atoms with Crippen molar-refractivity contribution in [2.24, 2.45) is 11.7 Å². The van der Waals surface area contributed by atoms with Crippen molar-refractivity contribution in [2.45, 2.75) is 32.2 Å². The first-order chi connectivity index (χ1) is 9.74. The fraction of sp³-hybridized carbons (Fsp3) is 0.625. The Balaban J connectivity index is 1.82. The second-order valence-electron chi connectivity index (χ2n) is 5.43. The Bertz CT molecular complexity index is 413. The minimum atomic E-state index is 0.632. The Morgan fingerprint density at radius 3 is 2.95 bits per heavy atom. The van der Waals surface area contributed by atoms with E-state index in [0.717, 1.165) is 25.4 Å². The molecule has 0 bridgehead atoms. The fourth-order valence-corrected chi connectivity index (χ4v) is 3.35. The van der Waals surface area contributed by atoms with Crippen molar-refractivity contribution in [3.05, 3.63) is 29.3 Å². The zero-order chi connectivity index (χ0) is 14.4. The summed E-state index contributed by atoms with van der Waals surface area (Å²) in [5.74, 6) is 1.50. The topological polar surface area (TPSA) is 38.5 Å². The molecular weight excluding hydrogens is 272 g/mol. The van der Waals surface area contributed by atoms with Crippen LogP contribution < -0.4 is 10.5 Å². The standard InChI is InChI=1S/C16H25ClN2O/c1-2-19(16-8-3-5-13(16)12-18)9-10-20-15-7-4-6-14(17)11-15/h4,6-7,11,13,16H,2-3,5,8-10,12,18H2,1H3. The van der Waals surface area contributed by atoms with E-state index in [4.69, 9.17) is 22.1 Å². The summed E-state index contributed by atoms with van der Waals surface area (Å²) in [4.78, 5) is 2.51. The molecule has 2 rings (SSSR count). The van der Waals surface area contributed by atoms with Gasteiger partial charge in [-0.3, -0.25) is 4.90 Å². The molecule has 2 atom stereocenters. The lowest BCUT2D eigenvalue weighted by atomic mass is 10.0. The lowest BCUT2D eigenvalue weighted by Gasteiger charge is -2.31. The van der Waals surface area contributed by atoms with Crippen LogP contribution >= 0.6 is 11.6 Å². The SMILES string of the molecule is CCN(CCOc1cccc(Cl)c1)C1CCCC1CN. The molecule has 112 valence electrons. The highest BCUT2D eigenvalue weighted by atomic mass is 35.5. The molecule has 2 unspecified atom stereocenters. The number of rotatable bonds is 7. The van der Waals surface area contributed by atoms with E-state index in [-0.39, 0.29) is 0 Å². The molecule has 0 saturated heterocycles. The minimum absolute atomic E-state index is 0.632. The highest BCUT2D eigenvalue weighted by molar-refractivity contribution is 6.30. The summed E-state index contributed by atoms with van der Waals surface area (Å²) in [7, 11) is 0. The lowest BCUT2D eigenvalue weighted by molar-refractivity contribution is 0.141. The van der Waals surface area contributed by atoms with Gasteiger partial charge in [-0.1, -0.05) is 31.0 Å². The largest absolute Gasteiger partial charge is 0.492 e. The van der Waals surface area contributed by atoms with Gasteiger partial charge in [0.1, 0.15) is 12.4 Å². The summed E-state index contributed by atoms with van der Waals surface area (Å²) in [5, 5.41) is 0.717. The van der Waals surface area contributed by atoms with E-state index in [0.29, 0.717) is 23.6 Å². The molecule has 1 fully saturated rings. The van der Waals surface area contributed by atoms with Crippen LogP contribution in [0.1, 0.15) is 26.2 Å². The molecule has 0 aromatic heterocycles. The number of halogens is 1. The Morgan fingerprint density at radius 1 is 1.40 bits per heavy atom. The lowest BCUT2D eigenvalue weighted by Crippen LogP contribution is -2.42. The number of likely N-dealkylation sites (N-methyl/N-ethyl adjacent to an activating group) is 1. The maximum absolute atomic E-state index is 5.95. The maximum Gasteiger partial charge on any atom is 0.120 e. The molecule has 0 amide bonds. The van der Waals surface area contributed by atoms with Gasteiger partial charge in [-0.2, -0.15) is 0 Å². The van der Waals surface area contributed by atoms with Gasteiger partial charge in [-0.15, -0.1) is 0 Å². The Kier molecular flexibility index (Phi) is 6.14. The van der Waals surface area contributed by atoms with Crippen LogP contribution in [0, 0.1) is 5.92 Å². The Morgan fingerprint density at radius 2 is 2.25 bits per heavy atom. The molecule has 0 heterocycles. The third-order valence-corrected chi connectivity index (χ3v) is 4.48. The monoisotopic (exact) mass is 296 g/mol. The second kappa shape index (κ2) is 7.87. The Labute approximate surface area is 127 Å².